The molecule has 2 N–H and O–H groups in total. The van der Waals surface area contributed by atoms with E-state index < -0.39 is 5.97 Å². The van der Waals surface area contributed by atoms with Crippen LogP contribution in [0.25, 0.3) is 0 Å². The summed E-state index contributed by atoms with van der Waals surface area (Å²) in [5, 5.41) is 12.3. The Balaban J connectivity index is 1.64. The molecule has 0 unspecified atom stereocenters. The van der Waals surface area contributed by atoms with Crippen molar-refractivity contribution in [3.05, 3.63) is 93.2 Å². The Kier molecular flexibility index (Phi) is 8.03. The number of halogens is 2. The van der Waals surface area contributed by atoms with Crippen LogP contribution >= 0.6 is 15.9 Å². The quantitative estimate of drug-likeness (QED) is 0.392. The van der Waals surface area contributed by atoms with Crippen molar-refractivity contribution in [3.63, 3.8) is 0 Å². The first-order valence-electron chi connectivity index (χ1n) is 9.81. The number of nitrogens with one attached hydrogen (secondary N) is 1. The number of benzene rings is 3. The predicted octanol–water partition coefficient (Wildman–Crippen LogP) is 5.55. The lowest BCUT2D eigenvalue weighted by Crippen LogP contribution is -2.13. The van der Waals surface area contributed by atoms with E-state index in [9.17, 15) is 9.18 Å². The maximum Gasteiger partial charge on any atom is 0.335 e. The molecule has 0 aromatic heterocycles. The normalized spacial score (nSPS) is 10.7. The molecule has 0 amide bonds. The van der Waals surface area contributed by atoms with Crippen LogP contribution in [0, 0.1) is 5.82 Å². The summed E-state index contributed by atoms with van der Waals surface area (Å²) in [6, 6.07) is 16.8. The second-order valence-electron chi connectivity index (χ2n) is 6.86. The minimum absolute atomic E-state index is 0.269. The Morgan fingerprint density at radius 3 is 2.26 bits per heavy atom. The first-order valence-corrected chi connectivity index (χ1v) is 10.6. The molecule has 0 bridgehead atoms. The number of rotatable bonds is 10. The molecule has 0 saturated heterocycles. The lowest BCUT2D eigenvalue weighted by atomic mass is 10.1. The molecular formula is C24H23BrFNO4. The van der Waals surface area contributed by atoms with Gasteiger partial charge in [-0.2, -0.15) is 0 Å². The Morgan fingerprint density at radius 1 is 0.968 bits per heavy atom. The number of carboxylic acid groups (broad SMARTS) is 1. The van der Waals surface area contributed by atoms with Crippen LogP contribution < -0.4 is 14.8 Å². The van der Waals surface area contributed by atoms with E-state index in [0.29, 0.717) is 37.8 Å². The molecule has 0 aliphatic heterocycles. The highest BCUT2D eigenvalue weighted by molar-refractivity contribution is 9.10. The molecule has 0 aliphatic carbocycles. The van der Waals surface area contributed by atoms with Gasteiger partial charge in [-0.05, 0) is 75.9 Å². The molecule has 0 heterocycles. The zero-order valence-electron chi connectivity index (χ0n) is 17.0. The van der Waals surface area contributed by atoms with Crippen molar-refractivity contribution < 1.29 is 23.8 Å². The Bertz CT molecular complexity index is 1020. The minimum Gasteiger partial charge on any atom is -0.490 e. The molecule has 3 aromatic rings. The van der Waals surface area contributed by atoms with E-state index >= 15 is 0 Å². The monoisotopic (exact) mass is 487 g/mol. The van der Waals surface area contributed by atoms with Gasteiger partial charge in [-0.15, -0.1) is 0 Å². The van der Waals surface area contributed by atoms with E-state index in [0.717, 1.165) is 21.2 Å². The largest absolute Gasteiger partial charge is 0.490 e. The van der Waals surface area contributed by atoms with E-state index in [2.05, 4.69) is 21.2 Å². The van der Waals surface area contributed by atoms with Crippen LogP contribution in [0.4, 0.5) is 4.39 Å². The Labute approximate surface area is 189 Å². The molecule has 31 heavy (non-hydrogen) atoms. The van der Waals surface area contributed by atoms with Crippen LogP contribution in [0.3, 0.4) is 0 Å². The number of hydrogen-bond acceptors (Lipinski definition) is 4. The summed E-state index contributed by atoms with van der Waals surface area (Å²) >= 11 is 3.56. The maximum atomic E-state index is 13.1. The third-order valence-electron chi connectivity index (χ3n) is 4.52. The van der Waals surface area contributed by atoms with Crippen molar-refractivity contribution >= 4 is 21.9 Å². The van der Waals surface area contributed by atoms with Gasteiger partial charge in [0.2, 0.25) is 0 Å². The minimum atomic E-state index is -0.936. The van der Waals surface area contributed by atoms with E-state index in [1.54, 1.807) is 36.4 Å². The van der Waals surface area contributed by atoms with Crippen LogP contribution in [0.2, 0.25) is 0 Å². The zero-order chi connectivity index (χ0) is 22.2. The lowest BCUT2D eigenvalue weighted by Gasteiger charge is -2.16. The summed E-state index contributed by atoms with van der Waals surface area (Å²) in [4.78, 5) is 10.9. The number of carboxylic acids is 1. The maximum absolute atomic E-state index is 13.1. The van der Waals surface area contributed by atoms with Gasteiger partial charge in [-0.3, -0.25) is 0 Å². The number of ether oxygens (including phenoxy) is 2. The summed E-state index contributed by atoms with van der Waals surface area (Å²) < 4.78 is 25.6. The molecule has 7 heteroatoms. The fourth-order valence-electron chi connectivity index (χ4n) is 2.98. The van der Waals surface area contributed by atoms with Crippen LogP contribution in [0.15, 0.2) is 65.1 Å². The SMILES string of the molecule is CCOc1cc(CNCc2ccc(C(=O)O)cc2)cc(Br)c1OCc1ccc(F)cc1. The Hall–Kier alpha value is -2.90. The van der Waals surface area contributed by atoms with Gasteiger partial charge in [-0.25, -0.2) is 9.18 Å². The van der Waals surface area contributed by atoms with E-state index in [1.165, 1.54) is 12.1 Å². The van der Waals surface area contributed by atoms with Gasteiger partial charge in [-0.1, -0.05) is 24.3 Å². The molecule has 0 aliphatic rings. The molecule has 3 aromatic carbocycles. The van der Waals surface area contributed by atoms with E-state index in [4.69, 9.17) is 14.6 Å². The van der Waals surface area contributed by atoms with Crippen molar-refractivity contribution in [2.24, 2.45) is 0 Å². The van der Waals surface area contributed by atoms with Gasteiger partial charge in [0.05, 0.1) is 16.6 Å². The first kappa shape index (κ1) is 22.8. The van der Waals surface area contributed by atoms with Crippen LogP contribution in [-0.4, -0.2) is 17.7 Å². The number of carbonyl (C=O) groups is 1. The van der Waals surface area contributed by atoms with Crippen LogP contribution in [0.1, 0.15) is 34.0 Å². The average Bonchev–Trinajstić information content (AvgIpc) is 2.75. The highest BCUT2D eigenvalue weighted by Gasteiger charge is 2.13. The molecule has 0 saturated carbocycles. The van der Waals surface area contributed by atoms with Crippen LogP contribution in [0.5, 0.6) is 11.5 Å². The first-order chi connectivity index (χ1) is 15.0. The average molecular weight is 488 g/mol. The van der Waals surface area contributed by atoms with Gasteiger partial charge < -0.3 is 19.9 Å². The highest BCUT2D eigenvalue weighted by Crippen LogP contribution is 2.37. The lowest BCUT2D eigenvalue weighted by molar-refractivity contribution is 0.0697. The predicted molar refractivity (Wildman–Crippen MR) is 120 cm³/mol. The van der Waals surface area contributed by atoms with Crippen LogP contribution in [-0.2, 0) is 19.7 Å². The summed E-state index contributed by atoms with van der Waals surface area (Å²) in [6.07, 6.45) is 0. The fraction of sp³-hybridized carbons (Fsp3) is 0.208. The molecular weight excluding hydrogens is 465 g/mol. The van der Waals surface area contributed by atoms with E-state index in [1.807, 2.05) is 19.1 Å². The third-order valence-corrected chi connectivity index (χ3v) is 5.11. The topological polar surface area (TPSA) is 67.8 Å². The van der Waals surface area contributed by atoms with Crippen molar-refractivity contribution in [1.29, 1.82) is 0 Å². The molecule has 0 atom stereocenters. The summed E-state index contributed by atoms with van der Waals surface area (Å²) in [6.45, 7) is 3.89. The Morgan fingerprint density at radius 2 is 1.61 bits per heavy atom. The number of aromatic carboxylic acids is 1. The third kappa shape index (κ3) is 6.54. The van der Waals surface area contributed by atoms with Crippen molar-refractivity contribution in [3.8, 4) is 11.5 Å². The summed E-state index contributed by atoms with van der Waals surface area (Å²) in [5.74, 6) is 0.00458. The second kappa shape index (κ2) is 10.9. The molecule has 0 spiro atoms. The number of hydrogen-bond donors (Lipinski definition) is 2. The zero-order valence-corrected chi connectivity index (χ0v) is 18.6. The fourth-order valence-corrected chi connectivity index (χ4v) is 3.58. The van der Waals surface area contributed by atoms with Gasteiger partial charge in [0, 0.05) is 13.1 Å². The van der Waals surface area contributed by atoms with Gasteiger partial charge in [0.25, 0.3) is 0 Å². The van der Waals surface area contributed by atoms with Crippen molar-refractivity contribution in [2.75, 3.05) is 6.61 Å². The van der Waals surface area contributed by atoms with Gasteiger partial charge in [0.1, 0.15) is 12.4 Å². The molecule has 162 valence electrons. The van der Waals surface area contributed by atoms with Crippen molar-refractivity contribution in [1.82, 2.24) is 5.32 Å². The standard InChI is InChI=1S/C24H23BrFNO4/c1-2-30-22-12-18(14-27-13-16-3-7-19(8-4-16)24(28)29)11-21(25)23(22)31-15-17-5-9-20(26)10-6-17/h3-12,27H,2,13-15H2,1H3,(H,28,29). The molecule has 0 radical (unpaired) electrons. The molecule has 3 rings (SSSR count). The van der Waals surface area contributed by atoms with Crippen molar-refractivity contribution in [2.45, 2.75) is 26.6 Å². The summed E-state index contributed by atoms with van der Waals surface area (Å²) in [5.41, 5.74) is 3.13. The molecule has 5 nitrogen and oxygen atoms in total. The van der Waals surface area contributed by atoms with Gasteiger partial charge >= 0.3 is 5.97 Å². The highest BCUT2D eigenvalue weighted by atomic mass is 79.9. The smallest absolute Gasteiger partial charge is 0.335 e. The van der Waals surface area contributed by atoms with Gasteiger partial charge in [0.15, 0.2) is 11.5 Å². The van der Waals surface area contributed by atoms with E-state index in [-0.39, 0.29) is 11.4 Å². The second-order valence-corrected chi connectivity index (χ2v) is 7.71. The summed E-state index contributed by atoms with van der Waals surface area (Å²) in [7, 11) is 0. The molecule has 0 fully saturated rings.